The number of hydrogen-bond donors (Lipinski definition) is 3. The summed E-state index contributed by atoms with van der Waals surface area (Å²) in [6, 6.07) is 8.59. The van der Waals surface area contributed by atoms with Crippen molar-refractivity contribution in [3.05, 3.63) is 72.8 Å². The highest BCUT2D eigenvalue weighted by Gasteiger charge is 2.11. The first-order chi connectivity index (χ1) is 11.0. The zero-order valence-electron chi connectivity index (χ0n) is 12.0. The SMILES string of the molecule is Cn1c(=O)[nH]c(=O)c2nc(C=C(O)c3ccccc3)c(=O)[nH]c21. The molecule has 0 saturated carbocycles. The van der Waals surface area contributed by atoms with Crippen molar-refractivity contribution in [3.8, 4) is 0 Å². The first-order valence-corrected chi connectivity index (χ1v) is 6.67. The molecule has 0 bridgehead atoms. The third kappa shape index (κ3) is 2.57. The number of rotatable bonds is 2. The number of aliphatic hydroxyl groups is 1. The molecule has 2 heterocycles. The van der Waals surface area contributed by atoms with Crippen molar-refractivity contribution in [1.29, 1.82) is 0 Å². The van der Waals surface area contributed by atoms with E-state index in [2.05, 4.69) is 15.0 Å². The van der Waals surface area contributed by atoms with Crippen LogP contribution in [-0.4, -0.2) is 24.6 Å². The Morgan fingerprint density at radius 2 is 1.83 bits per heavy atom. The number of aryl methyl sites for hydroxylation is 1. The van der Waals surface area contributed by atoms with Gasteiger partial charge in [0.1, 0.15) is 17.1 Å². The van der Waals surface area contributed by atoms with E-state index in [1.807, 2.05) is 0 Å². The van der Waals surface area contributed by atoms with Crippen LogP contribution in [0.3, 0.4) is 0 Å². The molecule has 2 aromatic heterocycles. The molecule has 0 fully saturated rings. The zero-order chi connectivity index (χ0) is 16.6. The standard InChI is InChI=1S/C15H12N4O4/c1-19-12-11(14(22)18-15(19)23)16-9(13(21)17-12)7-10(20)8-5-3-2-4-6-8/h2-7,20H,1H3,(H,17,21)(H,18,22,23). The summed E-state index contributed by atoms with van der Waals surface area (Å²) in [6.45, 7) is 0. The molecular formula is C15H12N4O4. The summed E-state index contributed by atoms with van der Waals surface area (Å²) in [5.74, 6) is -0.163. The fourth-order valence-corrected chi connectivity index (χ4v) is 2.12. The molecule has 0 radical (unpaired) electrons. The van der Waals surface area contributed by atoms with Gasteiger partial charge in [0.25, 0.3) is 11.1 Å². The van der Waals surface area contributed by atoms with Crippen molar-refractivity contribution in [3.63, 3.8) is 0 Å². The van der Waals surface area contributed by atoms with Crippen molar-refractivity contribution in [2.24, 2.45) is 7.05 Å². The number of aromatic amines is 2. The second-order valence-corrected chi connectivity index (χ2v) is 4.86. The largest absolute Gasteiger partial charge is 0.507 e. The Kier molecular flexibility index (Phi) is 3.41. The maximum absolute atomic E-state index is 12.1. The average Bonchev–Trinajstić information content (AvgIpc) is 2.55. The molecule has 8 nitrogen and oxygen atoms in total. The van der Waals surface area contributed by atoms with Gasteiger partial charge >= 0.3 is 5.69 Å². The van der Waals surface area contributed by atoms with E-state index in [4.69, 9.17) is 0 Å². The minimum atomic E-state index is -0.715. The molecule has 116 valence electrons. The molecule has 3 N–H and O–H groups in total. The Bertz CT molecular complexity index is 1090. The van der Waals surface area contributed by atoms with Gasteiger partial charge in [-0.25, -0.2) is 9.78 Å². The summed E-state index contributed by atoms with van der Waals surface area (Å²) in [6.07, 6.45) is 1.16. The summed E-state index contributed by atoms with van der Waals surface area (Å²) >= 11 is 0. The monoisotopic (exact) mass is 312 g/mol. The van der Waals surface area contributed by atoms with Gasteiger partial charge in [-0.15, -0.1) is 0 Å². The minimum absolute atomic E-state index is 0.0140. The van der Waals surface area contributed by atoms with Crippen LogP contribution in [0.4, 0.5) is 0 Å². The van der Waals surface area contributed by atoms with Crippen molar-refractivity contribution in [2.75, 3.05) is 0 Å². The maximum atomic E-state index is 12.1. The highest BCUT2D eigenvalue weighted by atomic mass is 16.3. The molecule has 8 heteroatoms. The van der Waals surface area contributed by atoms with E-state index in [1.165, 1.54) is 7.05 Å². The van der Waals surface area contributed by atoms with E-state index < -0.39 is 16.8 Å². The average molecular weight is 312 g/mol. The number of nitrogens with zero attached hydrogens (tertiary/aromatic N) is 2. The number of aromatic nitrogens is 4. The lowest BCUT2D eigenvalue weighted by atomic mass is 10.1. The summed E-state index contributed by atoms with van der Waals surface area (Å²) in [7, 11) is 1.40. The van der Waals surface area contributed by atoms with Gasteiger partial charge < -0.3 is 10.1 Å². The van der Waals surface area contributed by atoms with Crippen LogP contribution in [0.25, 0.3) is 23.0 Å². The molecule has 0 aliphatic carbocycles. The molecule has 3 rings (SSSR count). The van der Waals surface area contributed by atoms with Crippen LogP contribution >= 0.6 is 0 Å². The van der Waals surface area contributed by atoms with Gasteiger partial charge in [-0.2, -0.15) is 0 Å². The van der Waals surface area contributed by atoms with Crippen LogP contribution in [0.5, 0.6) is 0 Å². The third-order valence-electron chi connectivity index (χ3n) is 3.34. The summed E-state index contributed by atoms with van der Waals surface area (Å²) in [5, 5.41) is 10.1. The van der Waals surface area contributed by atoms with Crippen LogP contribution in [0.1, 0.15) is 11.3 Å². The van der Waals surface area contributed by atoms with Crippen LogP contribution in [-0.2, 0) is 7.05 Å². The number of benzene rings is 1. The number of hydrogen-bond acceptors (Lipinski definition) is 5. The fourth-order valence-electron chi connectivity index (χ4n) is 2.12. The lowest BCUT2D eigenvalue weighted by molar-refractivity contribution is 0.515. The van der Waals surface area contributed by atoms with Gasteiger partial charge in [0, 0.05) is 18.7 Å². The zero-order valence-corrected chi connectivity index (χ0v) is 12.0. The second-order valence-electron chi connectivity index (χ2n) is 4.86. The first kappa shape index (κ1) is 14.5. The molecule has 0 aliphatic heterocycles. The highest BCUT2D eigenvalue weighted by Crippen LogP contribution is 2.12. The summed E-state index contributed by atoms with van der Waals surface area (Å²) in [5.41, 5.74) is -1.71. The molecule has 0 amide bonds. The van der Waals surface area contributed by atoms with Gasteiger partial charge in [0.2, 0.25) is 0 Å². The molecule has 3 aromatic rings. The topological polar surface area (TPSA) is 121 Å². The number of nitrogens with one attached hydrogen (secondary N) is 2. The molecule has 0 unspecified atom stereocenters. The molecule has 1 aromatic carbocycles. The van der Waals surface area contributed by atoms with Crippen molar-refractivity contribution >= 4 is 23.0 Å². The Hall–Kier alpha value is -3.42. The predicted molar refractivity (Wildman–Crippen MR) is 85.2 cm³/mol. The second kappa shape index (κ2) is 5.41. The summed E-state index contributed by atoms with van der Waals surface area (Å²) < 4.78 is 1.08. The third-order valence-corrected chi connectivity index (χ3v) is 3.34. The lowest BCUT2D eigenvalue weighted by Gasteiger charge is -2.04. The minimum Gasteiger partial charge on any atom is -0.507 e. The van der Waals surface area contributed by atoms with Crippen LogP contribution in [0.2, 0.25) is 0 Å². The normalized spacial score (nSPS) is 11.8. The Morgan fingerprint density at radius 3 is 2.52 bits per heavy atom. The van der Waals surface area contributed by atoms with E-state index >= 15 is 0 Å². The number of H-pyrrole nitrogens is 2. The van der Waals surface area contributed by atoms with Gasteiger partial charge in [-0.1, -0.05) is 30.3 Å². The van der Waals surface area contributed by atoms with Crippen molar-refractivity contribution < 1.29 is 5.11 Å². The van der Waals surface area contributed by atoms with Crippen LogP contribution in [0, 0.1) is 0 Å². The van der Waals surface area contributed by atoms with E-state index in [0.717, 1.165) is 10.6 Å². The molecule has 0 atom stereocenters. The number of fused-ring (bicyclic) bond motifs is 1. The maximum Gasteiger partial charge on any atom is 0.329 e. The van der Waals surface area contributed by atoms with Crippen LogP contribution < -0.4 is 16.8 Å². The first-order valence-electron chi connectivity index (χ1n) is 6.67. The van der Waals surface area contributed by atoms with Gasteiger partial charge in [0.05, 0.1) is 0 Å². The Morgan fingerprint density at radius 1 is 1.13 bits per heavy atom. The molecule has 0 spiro atoms. The van der Waals surface area contributed by atoms with E-state index in [0.29, 0.717) is 5.56 Å². The Balaban J connectivity index is 2.24. The quantitative estimate of drug-likeness (QED) is 0.590. The van der Waals surface area contributed by atoms with E-state index in [9.17, 15) is 19.5 Å². The fraction of sp³-hybridized carbons (Fsp3) is 0.0667. The molecular weight excluding hydrogens is 300 g/mol. The van der Waals surface area contributed by atoms with Gasteiger partial charge in [0.15, 0.2) is 5.52 Å². The molecule has 0 aliphatic rings. The van der Waals surface area contributed by atoms with Crippen molar-refractivity contribution in [2.45, 2.75) is 0 Å². The predicted octanol–water partition coefficient (Wildman–Crippen LogP) is 0.366. The summed E-state index contributed by atoms with van der Waals surface area (Å²) in [4.78, 5) is 43.9. The number of aliphatic hydroxyl groups excluding tert-OH is 1. The Labute approximate surface area is 128 Å². The van der Waals surface area contributed by atoms with E-state index in [1.54, 1.807) is 30.3 Å². The van der Waals surface area contributed by atoms with Crippen LogP contribution in [0.15, 0.2) is 44.7 Å². The van der Waals surface area contributed by atoms with Gasteiger partial charge in [-0.05, 0) is 0 Å². The van der Waals surface area contributed by atoms with E-state index in [-0.39, 0.29) is 22.6 Å². The van der Waals surface area contributed by atoms with Crippen molar-refractivity contribution in [1.82, 2.24) is 19.5 Å². The van der Waals surface area contributed by atoms with Gasteiger partial charge in [-0.3, -0.25) is 19.1 Å². The highest BCUT2D eigenvalue weighted by molar-refractivity contribution is 5.77. The molecule has 0 saturated heterocycles. The molecule has 23 heavy (non-hydrogen) atoms. The smallest absolute Gasteiger partial charge is 0.329 e. The lowest BCUT2D eigenvalue weighted by Crippen LogP contribution is -2.31.